The number of carboxylic acid groups (broad SMARTS) is 1. The molecule has 130 valence electrons. The fourth-order valence-electron chi connectivity index (χ4n) is 1.73. The number of sulfonamides is 1. The van der Waals surface area contributed by atoms with E-state index in [0.717, 1.165) is 23.1 Å². The van der Waals surface area contributed by atoms with Crippen LogP contribution >= 0.6 is 11.8 Å². The van der Waals surface area contributed by atoms with Crippen molar-refractivity contribution in [3.05, 3.63) is 24.3 Å². The summed E-state index contributed by atoms with van der Waals surface area (Å²) >= 11 is 1.08. The number of carboxylic acids is 1. The molecule has 0 radical (unpaired) electrons. The highest BCUT2D eigenvalue weighted by Crippen LogP contribution is 2.27. The molecule has 1 aromatic carbocycles. The molecule has 0 fully saturated rings. The molecule has 23 heavy (non-hydrogen) atoms. The van der Waals surface area contributed by atoms with Crippen LogP contribution in [0.1, 0.15) is 8.27 Å². The van der Waals surface area contributed by atoms with Crippen molar-refractivity contribution >= 4 is 27.8 Å². The van der Waals surface area contributed by atoms with Crippen LogP contribution in [-0.2, 0) is 14.8 Å². The first kappa shape index (κ1) is 18.1. The summed E-state index contributed by atoms with van der Waals surface area (Å²) in [5.74, 6) is -0.813. The second-order valence-electron chi connectivity index (χ2n) is 4.76. The van der Waals surface area contributed by atoms with Crippen molar-refractivity contribution in [3.8, 4) is 5.75 Å². The van der Waals surface area contributed by atoms with Gasteiger partial charge in [-0.15, -0.1) is 0 Å². The summed E-state index contributed by atoms with van der Waals surface area (Å²) in [6, 6.07) is 5.57. The Hall–Kier alpha value is -1.29. The van der Waals surface area contributed by atoms with Crippen molar-refractivity contribution < 1.29 is 29.5 Å². The maximum Gasteiger partial charge on any atom is 0.325 e. The monoisotopic (exact) mass is 364 g/mol. The molecule has 0 amide bonds. The summed E-state index contributed by atoms with van der Waals surface area (Å²) in [4.78, 5) is 11.7. The molecule has 0 aliphatic carbocycles. The number of nitrogens with zero attached hydrogens (tertiary/aromatic N) is 1. The van der Waals surface area contributed by atoms with Crippen LogP contribution in [0.15, 0.2) is 29.2 Å². The van der Waals surface area contributed by atoms with Gasteiger partial charge in [0.15, 0.2) is 0 Å². The molecule has 9 heteroatoms. The number of ether oxygens (including phenoxy) is 1. The third-order valence-corrected chi connectivity index (χ3v) is 6.39. The normalized spacial score (nSPS) is 15.0. The van der Waals surface area contributed by atoms with Crippen molar-refractivity contribution in [2.75, 3.05) is 32.3 Å². The van der Waals surface area contributed by atoms with Gasteiger partial charge in [0.25, 0.3) is 0 Å². The Bertz CT molecular complexity index is 652. The van der Waals surface area contributed by atoms with Crippen LogP contribution in [-0.4, -0.2) is 66.7 Å². The Morgan fingerprint density at radius 3 is 2.48 bits per heavy atom. The highest BCUT2D eigenvalue weighted by molar-refractivity contribution is 7.99. The molecule has 0 aliphatic rings. The summed E-state index contributed by atoms with van der Waals surface area (Å²) in [5, 5.41) is 18.4. The minimum Gasteiger partial charge on any atom is -0.497 e. The van der Waals surface area contributed by atoms with Crippen LogP contribution in [0.5, 0.6) is 5.75 Å². The zero-order valence-corrected chi connectivity index (χ0v) is 14.6. The number of hydrogen-bond acceptors (Lipinski definition) is 6. The van der Waals surface area contributed by atoms with Crippen molar-refractivity contribution in [1.82, 2.24) is 4.31 Å². The first-order chi connectivity index (χ1) is 11.3. The molecule has 0 heterocycles. The third kappa shape index (κ3) is 4.37. The molecule has 0 bridgehead atoms. The van der Waals surface area contributed by atoms with Crippen molar-refractivity contribution in [2.24, 2.45) is 0 Å². The van der Waals surface area contributed by atoms with Crippen LogP contribution < -0.4 is 4.74 Å². The van der Waals surface area contributed by atoms with E-state index in [4.69, 9.17) is 11.2 Å². The second-order valence-corrected chi connectivity index (χ2v) is 7.84. The molecule has 0 aromatic heterocycles. The van der Waals surface area contributed by atoms with Gasteiger partial charge in [0.2, 0.25) is 10.0 Å². The lowest BCUT2D eigenvalue weighted by atomic mass is 10.1. The third-order valence-electron chi connectivity index (χ3n) is 3.30. The number of carbonyl (C=O) groups is 1. The van der Waals surface area contributed by atoms with E-state index >= 15 is 0 Å². The molecule has 1 rings (SSSR count). The standard InChI is InChI=1S/C14H21NO6S2/c1-14(13(17)18,10-22-9-8-16)15(2)23(19,20)12-6-4-11(21-3)5-7-12/h4-7,16H,8-10H2,1-3H3,(H,17,18)/t14-/m0/s1/i1D. The lowest BCUT2D eigenvalue weighted by molar-refractivity contribution is -0.145. The van der Waals surface area contributed by atoms with Crippen LogP contribution in [0.4, 0.5) is 0 Å². The van der Waals surface area contributed by atoms with Crippen molar-refractivity contribution in [3.63, 3.8) is 0 Å². The van der Waals surface area contributed by atoms with E-state index in [0.29, 0.717) is 5.75 Å². The summed E-state index contributed by atoms with van der Waals surface area (Å²) in [5.41, 5.74) is -1.92. The molecular weight excluding hydrogens is 342 g/mol. The van der Waals surface area contributed by atoms with Gasteiger partial charge in [0.05, 0.1) is 18.6 Å². The number of aliphatic hydroxyl groups excluding tert-OH is 1. The Balaban J connectivity index is 3.23. The van der Waals surface area contributed by atoms with Crippen LogP contribution in [0.25, 0.3) is 0 Å². The van der Waals surface area contributed by atoms with Crippen molar-refractivity contribution in [2.45, 2.75) is 17.3 Å². The fourth-order valence-corrected chi connectivity index (χ4v) is 4.14. The first-order valence-corrected chi connectivity index (χ1v) is 9.20. The molecule has 0 aliphatic heterocycles. The molecule has 0 saturated carbocycles. The van der Waals surface area contributed by atoms with E-state index in [-0.39, 0.29) is 23.0 Å². The Morgan fingerprint density at radius 2 is 2.04 bits per heavy atom. The average Bonchev–Trinajstić information content (AvgIpc) is 2.58. The van der Waals surface area contributed by atoms with Crippen LogP contribution in [0, 0.1) is 0 Å². The molecule has 1 atom stereocenters. The van der Waals surface area contributed by atoms with E-state index in [1.165, 1.54) is 31.4 Å². The SMILES string of the molecule is [2H]C[C@](CSCCO)(C(=O)O)N(C)S(=O)(=O)c1ccc(OC)cc1. The quantitative estimate of drug-likeness (QED) is 0.627. The van der Waals surface area contributed by atoms with Gasteiger partial charge in [-0.25, -0.2) is 8.42 Å². The lowest BCUT2D eigenvalue weighted by Gasteiger charge is -2.33. The van der Waals surface area contributed by atoms with Gasteiger partial charge in [-0.1, -0.05) is 0 Å². The molecule has 0 unspecified atom stereocenters. The smallest absolute Gasteiger partial charge is 0.325 e. The lowest BCUT2D eigenvalue weighted by Crippen LogP contribution is -2.54. The highest BCUT2D eigenvalue weighted by atomic mass is 32.2. The van der Waals surface area contributed by atoms with Gasteiger partial charge >= 0.3 is 5.97 Å². The minimum absolute atomic E-state index is 0.0861. The first-order valence-electron chi connectivity index (χ1n) is 7.31. The van der Waals surface area contributed by atoms with Gasteiger partial charge in [-0.05, 0) is 31.2 Å². The summed E-state index contributed by atoms with van der Waals surface area (Å²) in [6.45, 7) is -0.806. The molecule has 7 nitrogen and oxygen atoms in total. The van der Waals surface area contributed by atoms with E-state index in [2.05, 4.69) is 0 Å². The van der Waals surface area contributed by atoms with E-state index in [1.807, 2.05) is 0 Å². The Labute approximate surface area is 141 Å². The maximum absolute atomic E-state index is 12.8. The predicted octanol–water partition coefficient (Wildman–Crippen LogP) is 0.884. The van der Waals surface area contributed by atoms with Crippen molar-refractivity contribution in [1.29, 1.82) is 0 Å². The van der Waals surface area contributed by atoms with E-state index in [9.17, 15) is 18.3 Å². The number of aliphatic hydroxyl groups is 1. The number of aliphatic carboxylic acids is 1. The molecule has 0 saturated heterocycles. The summed E-state index contributed by atoms with van der Waals surface area (Å²) in [6.07, 6.45) is 0. The van der Waals surface area contributed by atoms with Gasteiger partial charge in [-0.3, -0.25) is 4.79 Å². The summed E-state index contributed by atoms with van der Waals surface area (Å²) < 4.78 is 38.8. The minimum atomic E-state index is -4.11. The van der Waals surface area contributed by atoms with Gasteiger partial charge in [0.1, 0.15) is 11.3 Å². The molecular formula is C14H21NO6S2. The fraction of sp³-hybridized carbons (Fsp3) is 0.500. The summed E-state index contributed by atoms with van der Waals surface area (Å²) in [7, 11) is -1.51. The topological polar surface area (TPSA) is 104 Å². The zero-order chi connectivity index (χ0) is 18.4. The number of likely N-dealkylation sites (N-methyl/N-ethyl adjacent to an activating group) is 1. The largest absolute Gasteiger partial charge is 0.497 e. The Morgan fingerprint density at radius 1 is 1.43 bits per heavy atom. The number of thioether (sulfide) groups is 1. The van der Waals surface area contributed by atoms with E-state index in [1.54, 1.807) is 0 Å². The maximum atomic E-state index is 12.8. The Kier molecular flexibility index (Phi) is 6.28. The van der Waals surface area contributed by atoms with Gasteiger partial charge in [0, 0.05) is 19.9 Å². The van der Waals surface area contributed by atoms with Crippen LogP contribution in [0.3, 0.4) is 0 Å². The predicted molar refractivity (Wildman–Crippen MR) is 88.4 cm³/mol. The second kappa shape index (κ2) is 8.00. The zero-order valence-electron chi connectivity index (χ0n) is 13.9. The highest BCUT2D eigenvalue weighted by Gasteiger charge is 2.44. The molecule has 0 spiro atoms. The molecule has 2 N–H and O–H groups in total. The number of methoxy groups -OCH3 is 1. The van der Waals surface area contributed by atoms with Gasteiger partial charge < -0.3 is 14.9 Å². The number of hydrogen-bond donors (Lipinski definition) is 2. The number of benzene rings is 1. The number of rotatable bonds is 9. The van der Waals surface area contributed by atoms with Crippen LogP contribution in [0.2, 0.25) is 0 Å². The van der Waals surface area contributed by atoms with Gasteiger partial charge in [-0.2, -0.15) is 16.1 Å². The average molecular weight is 364 g/mol. The van der Waals surface area contributed by atoms with E-state index < -0.39 is 28.4 Å². The molecule has 1 aromatic rings.